The largest absolute Gasteiger partial charge is 0.496 e. The molecule has 0 aliphatic carbocycles. The maximum atomic E-state index is 10.8. The molecule has 1 aromatic carbocycles. The highest BCUT2D eigenvalue weighted by molar-refractivity contribution is 7.09. The summed E-state index contributed by atoms with van der Waals surface area (Å²) in [6.07, 6.45) is 0.962. The van der Waals surface area contributed by atoms with E-state index in [0.717, 1.165) is 18.5 Å². The average molecular weight is 292 g/mol. The van der Waals surface area contributed by atoms with E-state index in [1.807, 2.05) is 12.1 Å². The van der Waals surface area contributed by atoms with Crippen LogP contribution in [0.25, 0.3) is 0 Å². The Morgan fingerprint density at radius 1 is 1.40 bits per heavy atom. The molecule has 1 aromatic heterocycles. The molecule has 6 heteroatoms. The van der Waals surface area contributed by atoms with E-state index >= 15 is 0 Å². The molecule has 1 heterocycles. The number of nitrogens with one attached hydrogen (secondary N) is 1. The SMILES string of the molecule is COc1cc(CNCCc2cccs2)cc([N+](=O)[O-])c1. The molecule has 0 unspecified atom stereocenters. The lowest BCUT2D eigenvalue weighted by Crippen LogP contribution is -2.16. The van der Waals surface area contributed by atoms with Gasteiger partial charge in [0.25, 0.3) is 5.69 Å². The Bertz CT molecular complexity index is 570. The smallest absolute Gasteiger partial charge is 0.273 e. The number of nitro benzene ring substituents is 1. The molecule has 0 aliphatic heterocycles. The fraction of sp³-hybridized carbons (Fsp3) is 0.286. The summed E-state index contributed by atoms with van der Waals surface area (Å²) in [6, 6.07) is 8.94. The summed E-state index contributed by atoms with van der Waals surface area (Å²) in [6.45, 7) is 1.43. The number of nitro groups is 1. The van der Waals surface area contributed by atoms with Gasteiger partial charge in [-0.15, -0.1) is 11.3 Å². The Kier molecular flexibility index (Phi) is 5.09. The van der Waals surface area contributed by atoms with Gasteiger partial charge in [-0.25, -0.2) is 0 Å². The summed E-state index contributed by atoms with van der Waals surface area (Å²) in [5.41, 5.74) is 0.904. The van der Waals surface area contributed by atoms with Crippen LogP contribution in [-0.4, -0.2) is 18.6 Å². The van der Waals surface area contributed by atoms with Gasteiger partial charge in [0.05, 0.1) is 18.1 Å². The molecular formula is C14H16N2O3S. The van der Waals surface area contributed by atoms with Crippen LogP contribution in [0.3, 0.4) is 0 Å². The van der Waals surface area contributed by atoms with Crippen molar-refractivity contribution in [2.24, 2.45) is 0 Å². The van der Waals surface area contributed by atoms with Gasteiger partial charge in [0.15, 0.2) is 0 Å². The lowest BCUT2D eigenvalue weighted by Gasteiger charge is -2.06. The number of hydrogen-bond acceptors (Lipinski definition) is 5. The van der Waals surface area contributed by atoms with Gasteiger partial charge in [0.1, 0.15) is 5.75 Å². The second kappa shape index (κ2) is 7.02. The highest BCUT2D eigenvalue weighted by Crippen LogP contribution is 2.22. The Labute approximate surface area is 121 Å². The molecule has 2 aromatic rings. The standard InChI is InChI=1S/C14H16N2O3S/c1-19-13-8-11(7-12(9-13)16(17)18)10-15-5-4-14-3-2-6-20-14/h2-3,6-9,15H,4-5,10H2,1H3. The van der Waals surface area contributed by atoms with E-state index in [2.05, 4.69) is 16.8 Å². The van der Waals surface area contributed by atoms with Gasteiger partial charge in [-0.2, -0.15) is 0 Å². The third kappa shape index (κ3) is 4.04. The minimum Gasteiger partial charge on any atom is -0.496 e. The van der Waals surface area contributed by atoms with Crippen molar-refractivity contribution < 1.29 is 9.66 Å². The van der Waals surface area contributed by atoms with Gasteiger partial charge in [0, 0.05) is 24.0 Å². The Hall–Kier alpha value is -1.92. The van der Waals surface area contributed by atoms with Crippen molar-refractivity contribution in [1.82, 2.24) is 5.32 Å². The molecule has 0 bridgehead atoms. The summed E-state index contributed by atoms with van der Waals surface area (Å²) >= 11 is 1.73. The van der Waals surface area contributed by atoms with E-state index in [-0.39, 0.29) is 5.69 Å². The number of thiophene rings is 1. The van der Waals surface area contributed by atoms with E-state index in [1.54, 1.807) is 17.4 Å². The number of ether oxygens (including phenoxy) is 1. The normalized spacial score (nSPS) is 10.4. The first-order valence-electron chi connectivity index (χ1n) is 6.24. The molecule has 0 fully saturated rings. The lowest BCUT2D eigenvalue weighted by molar-refractivity contribution is -0.385. The minimum absolute atomic E-state index is 0.0550. The molecule has 0 radical (unpaired) electrons. The van der Waals surface area contributed by atoms with Gasteiger partial charge in [0.2, 0.25) is 0 Å². The summed E-state index contributed by atoms with van der Waals surface area (Å²) < 4.78 is 5.08. The summed E-state index contributed by atoms with van der Waals surface area (Å²) in [5, 5.41) is 16.2. The zero-order valence-electron chi connectivity index (χ0n) is 11.2. The first-order valence-corrected chi connectivity index (χ1v) is 7.12. The van der Waals surface area contributed by atoms with Gasteiger partial charge in [-0.3, -0.25) is 10.1 Å². The molecule has 0 saturated carbocycles. The van der Waals surface area contributed by atoms with E-state index in [0.29, 0.717) is 12.3 Å². The van der Waals surface area contributed by atoms with E-state index in [1.165, 1.54) is 18.1 Å². The third-order valence-corrected chi connectivity index (χ3v) is 3.79. The quantitative estimate of drug-likeness (QED) is 0.484. The molecule has 0 saturated heterocycles. The molecule has 106 valence electrons. The highest BCUT2D eigenvalue weighted by atomic mass is 32.1. The molecule has 0 spiro atoms. The van der Waals surface area contributed by atoms with Crippen LogP contribution in [0.5, 0.6) is 5.75 Å². The molecule has 0 atom stereocenters. The Morgan fingerprint density at radius 2 is 2.25 bits per heavy atom. The minimum atomic E-state index is -0.405. The number of benzene rings is 1. The lowest BCUT2D eigenvalue weighted by atomic mass is 10.2. The molecule has 2 rings (SSSR count). The average Bonchev–Trinajstić information content (AvgIpc) is 2.96. The fourth-order valence-electron chi connectivity index (χ4n) is 1.87. The Morgan fingerprint density at radius 3 is 2.90 bits per heavy atom. The van der Waals surface area contributed by atoms with Crippen LogP contribution in [0.15, 0.2) is 35.7 Å². The zero-order chi connectivity index (χ0) is 14.4. The monoisotopic (exact) mass is 292 g/mol. The van der Waals surface area contributed by atoms with Crippen LogP contribution in [0.1, 0.15) is 10.4 Å². The van der Waals surface area contributed by atoms with Crippen molar-refractivity contribution in [2.45, 2.75) is 13.0 Å². The molecular weight excluding hydrogens is 276 g/mol. The topological polar surface area (TPSA) is 64.4 Å². The van der Waals surface area contributed by atoms with Crippen molar-refractivity contribution in [1.29, 1.82) is 0 Å². The van der Waals surface area contributed by atoms with E-state index in [9.17, 15) is 10.1 Å². The van der Waals surface area contributed by atoms with Gasteiger partial charge in [-0.05, 0) is 29.5 Å². The maximum Gasteiger partial charge on any atom is 0.273 e. The van der Waals surface area contributed by atoms with Gasteiger partial charge < -0.3 is 10.1 Å². The van der Waals surface area contributed by atoms with Crippen molar-refractivity contribution in [2.75, 3.05) is 13.7 Å². The van der Waals surface area contributed by atoms with Crippen molar-refractivity contribution >= 4 is 17.0 Å². The number of non-ortho nitro benzene ring substituents is 1. The first kappa shape index (κ1) is 14.5. The van der Waals surface area contributed by atoms with Crippen molar-refractivity contribution in [3.05, 3.63) is 56.3 Å². The molecule has 5 nitrogen and oxygen atoms in total. The van der Waals surface area contributed by atoms with Gasteiger partial charge >= 0.3 is 0 Å². The summed E-state index contributed by atoms with van der Waals surface area (Å²) in [5.74, 6) is 0.509. The van der Waals surface area contributed by atoms with Crippen LogP contribution in [0.4, 0.5) is 5.69 Å². The van der Waals surface area contributed by atoms with Crippen LogP contribution >= 0.6 is 11.3 Å². The number of hydrogen-bond donors (Lipinski definition) is 1. The number of nitrogens with zero attached hydrogens (tertiary/aromatic N) is 1. The second-order valence-electron chi connectivity index (χ2n) is 4.30. The molecule has 0 aliphatic rings. The molecule has 20 heavy (non-hydrogen) atoms. The second-order valence-corrected chi connectivity index (χ2v) is 5.33. The van der Waals surface area contributed by atoms with Crippen LogP contribution < -0.4 is 10.1 Å². The number of methoxy groups -OCH3 is 1. The third-order valence-electron chi connectivity index (χ3n) is 2.85. The highest BCUT2D eigenvalue weighted by Gasteiger charge is 2.09. The van der Waals surface area contributed by atoms with Crippen LogP contribution in [-0.2, 0) is 13.0 Å². The zero-order valence-corrected chi connectivity index (χ0v) is 12.0. The first-order chi connectivity index (χ1) is 9.69. The van der Waals surface area contributed by atoms with E-state index in [4.69, 9.17) is 4.74 Å². The van der Waals surface area contributed by atoms with Crippen molar-refractivity contribution in [3.63, 3.8) is 0 Å². The maximum absolute atomic E-state index is 10.8. The Balaban J connectivity index is 1.91. The van der Waals surface area contributed by atoms with Crippen LogP contribution in [0.2, 0.25) is 0 Å². The fourth-order valence-corrected chi connectivity index (χ4v) is 2.58. The van der Waals surface area contributed by atoms with Gasteiger partial charge in [-0.1, -0.05) is 6.07 Å². The summed E-state index contributed by atoms with van der Waals surface area (Å²) in [4.78, 5) is 11.8. The predicted molar refractivity (Wildman–Crippen MR) is 79.4 cm³/mol. The predicted octanol–water partition coefficient (Wildman–Crippen LogP) is 3.00. The molecule has 0 amide bonds. The van der Waals surface area contributed by atoms with E-state index < -0.39 is 4.92 Å². The van der Waals surface area contributed by atoms with Crippen molar-refractivity contribution in [3.8, 4) is 5.75 Å². The number of rotatable bonds is 7. The summed E-state index contributed by atoms with van der Waals surface area (Å²) in [7, 11) is 1.51. The molecule has 1 N–H and O–H groups in total. The van der Waals surface area contributed by atoms with Crippen LogP contribution in [0, 0.1) is 10.1 Å².